The summed E-state index contributed by atoms with van der Waals surface area (Å²) in [6.45, 7) is 3.87. The number of hydrogen-bond donors (Lipinski definition) is 3. The molecule has 0 radical (unpaired) electrons. The van der Waals surface area contributed by atoms with Crippen molar-refractivity contribution in [1.29, 1.82) is 0 Å². The fourth-order valence-electron chi connectivity index (χ4n) is 4.96. The number of thioether (sulfide) groups is 1. The van der Waals surface area contributed by atoms with E-state index in [4.69, 9.17) is 27.9 Å². The Bertz CT molecular complexity index is 2080. The second-order valence-electron chi connectivity index (χ2n) is 11.2. The molecule has 0 bridgehead atoms. The van der Waals surface area contributed by atoms with Crippen LogP contribution in [0.25, 0.3) is 17.2 Å². The fourth-order valence-corrected chi connectivity index (χ4v) is 7.44. The number of amides is 3. The highest BCUT2D eigenvalue weighted by atomic mass is 35.5. The van der Waals surface area contributed by atoms with Crippen LogP contribution in [-0.4, -0.2) is 36.1 Å². The molecule has 0 aliphatic rings. The summed E-state index contributed by atoms with van der Waals surface area (Å²) in [6.07, 6.45) is 1.90. The number of rotatable bonds is 12. The molecule has 0 fully saturated rings. The maximum absolute atomic E-state index is 13.7. The maximum atomic E-state index is 13.7. The Balaban J connectivity index is 1.34. The maximum Gasteiger partial charge on any atom is 0.341 e. The molecule has 0 aliphatic carbocycles. The third-order valence-corrected chi connectivity index (χ3v) is 10.5. The van der Waals surface area contributed by atoms with Gasteiger partial charge in [-0.25, -0.2) is 4.79 Å². The quantitative estimate of drug-likeness (QED) is 0.0664. The first-order valence-electron chi connectivity index (χ1n) is 15.8. The van der Waals surface area contributed by atoms with Crippen molar-refractivity contribution in [2.45, 2.75) is 30.4 Å². The van der Waals surface area contributed by atoms with Crippen molar-refractivity contribution in [3.63, 3.8) is 0 Å². The molecule has 5 aromatic rings. The summed E-state index contributed by atoms with van der Waals surface area (Å²) in [4.78, 5) is 53.9. The van der Waals surface area contributed by atoms with Gasteiger partial charge in [-0.15, -0.1) is 23.1 Å². The third-order valence-electron chi connectivity index (χ3n) is 7.63. The van der Waals surface area contributed by atoms with Gasteiger partial charge in [0, 0.05) is 42.7 Å². The molecule has 3 amide bonds. The molecule has 260 valence electrons. The molecule has 0 spiro atoms. The van der Waals surface area contributed by atoms with Crippen LogP contribution in [-0.2, 0) is 14.3 Å². The smallest absolute Gasteiger partial charge is 0.341 e. The molecule has 4 aromatic carbocycles. The summed E-state index contributed by atoms with van der Waals surface area (Å²) in [5.74, 6) is -1.94. The van der Waals surface area contributed by atoms with Gasteiger partial charge in [0.05, 0.1) is 12.4 Å². The van der Waals surface area contributed by atoms with E-state index in [1.807, 2.05) is 49.6 Å². The normalized spacial score (nSPS) is 11.7. The van der Waals surface area contributed by atoms with E-state index in [1.54, 1.807) is 66.7 Å². The lowest BCUT2D eigenvalue weighted by Gasteiger charge is -2.16. The lowest BCUT2D eigenvalue weighted by Crippen LogP contribution is -2.30. The van der Waals surface area contributed by atoms with E-state index in [0.717, 1.165) is 11.1 Å². The lowest BCUT2D eigenvalue weighted by molar-refractivity contribution is -0.116. The van der Waals surface area contributed by atoms with E-state index in [2.05, 4.69) is 16.0 Å². The van der Waals surface area contributed by atoms with Gasteiger partial charge in [-0.05, 0) is 67.4 Å². The number of ether oxygens (including phenoxy) is 1. The summed E-state index contributed by atoms with van der Waals surface area (Å²) in [5, 5.41) is 10.8. The molecule has 0 saturated carbocycles. The minimum absolute atomic E-state index is 0.0786. The van der Waals surface area contributed by atoms with Crippen LogP contribution in [0, 0.1) is 6.92 Å². The molecule has 8 nitrogen and oxygen atoms in total. The van der Waals surface area contributed by atoms with Gasteiger partial charge >= 0.3 is 5.97 Å². The minimum Gasteiger partial charge on any atom is -0.465 e. The molecule has 5 rings (SSSR count). The number of esters is 1. The standard InChI is InChI=1S/C39H33Cl2N3O5S2/c1-4-33(37(47)44-38-34(39(48)49-3)29(22-50-38)24-18-16-23(2)17-19-24)51-27-13-8-12-26(20-27)42-36(46)32(21-28-30(40)14-9-15-31(28)41)43-35(45)25-10-6-5-7-11-25/h5-22,33H,4H2,1-3H3,(H,42,46)(H,43,45)(H,44,47)/b32-21+. The highest BCUT2D eigenvalue weighted by Crippen LogP contribution is 2.37. The molecule has 12 heteroatoms. The van der Waals surface area contributed by atoms with Crippen molar-refractivity contribution < 1.29 is 23.9 Å². The van der Waals surface area contributed by atoms with Crippen molar-refractivity contribution in [3.05, 3.63) is 140 Å². The number of anilines is 2. The van der Waals surface area contributed by atoms with Crippen LogP contribution < -0.4 is 16.0 Å². The van der Waals surface area contributed by atoms with E-state index in [9.17, 15) is 19.2 Å². The number of aryl methyl sites for hydroxylation is 1. The Labute approximate surface area is 314 Å². The molecule has 51 heavy (non-hydrogen) atoms. The first-order chi connectivity index (χ1) is 24.6. The molecule has 0 saturated heterocycles. The topological polar surface area (TPSA) is 114 Å². The first kappa shape index (κ1) is 37.4. The predicted octanol–water partition coefficient (Wildman–Crippen LogP) is 9.74. The Morgan fingerprint density at radius 2 is 1.57 bits per heavy atom. The van der Waals surface area contributed by atoms with Crippen LogP contribution >= 0.6 is 46.3 Å². The average Bonchev–Trinajstić information content (AvgIpc) is 3.55. The van der Waals surface area contributed by atoms with Crippen molar-refractivity contribution >= 4 is 86.8 Å². The predicted molar refractivity (Wildman–Crippen MR) is 208 cm³/mol. The SMILES string of the molecule is CCC(Sc1cccc(NC(=O)/C(=C\c2c(Cl)cccc2Cl)NC(=O)c2ccccc2)c1)C(=O)Nc1scc(-c2ccc(C)cc2)c1C(=O)OC. The second kappa shape index (κ2) is 17.4. The van der Waals surface area contributed by atoms with Gasteiger partial charge in [0.2, 0.25) is 5.91 Å². The van der Waals surface area contributed by atoms with Gasteiger partial charge < -0.3 is 20.7 Å². The van der Waals surface area contributed by atoms with E-state index in [0.29, 0.717) is 54.3 Å². The van der Waals surface area contributed by atoms with Crippen molar-refractivity contribution in [3.8, 4) is 11.1 Å². The lowest BCUT2D eigenvalue weighted by atomic mass is 10.0. The Morgan fingerprint density at radius 3 is 2.24 bits per heavy atom. The van der Waals surface area contributed by atoms with Crippen molar-refractivity contribution in [2.75, 3.05) is 17.7 Å². The van der Waals surface area contributed by atoms with Crippen LogP contribution in [0.1, 0.15) is 45.2 Å². The molecule has 1 unspecified atom stereocenters. The highest BCUT2D eigenvalue weighted by Gasteiger charge is 2.26. The molecule has 1 atom stereocenters. The van der Waals surface area contributed by atoms with Gasteiger partial charge in [-0.3, -0.25) is 14.4 Å². The van der Waals surface area contributed by atoms with E-state index in [-0.39, 0.29) is 11.6 Å². The Hall–Kier alpha value is -4.87. The molecule has 1 heterocycles. The number of thiophene rings is 1. The van der Waals surface area contributed by atoms with Crippen LogP contribution in [0.3, 0.4) is 0 Å². The monoisotopic (exact) mass is 757 g/mol. The average molecular weight is 759 g/mol. The second-order valence-corrected chi connectivity index (χ2v) is 14.2. The zero-order valence-electron chi connectivity index (χ0n) is 27.8. The highest BCUT2D eigenvalue weighted by molar-refractivity contribution is 8.00. The van der Waals surface area contributed by atoms with Crippen LogP contribution in [0.5, 0.6) is 0 Å². The first-order valence-corrected chi connectivity index (χ1v) is 18.3. The van der Waals surface area contributed by atoms with Crippen LogP contribution in [0.4, 0.5) is 10.7 Å². The van der Waals surface area contributed by atoms with Crippen molar-refractivity contribution in [1.82, 2.24) is 5.32 Å². The van der Waals surface area contributed by atoms with Crippen LogP contribution in [0.2, 0.25) is 10.0 Å². The molecule has 1 aromatic heterocycles. The van der Waals surface area contributed by atoms with E-state index in [1.165, 1.54) is 36.3 Å². The Morgan fingerprint density at radius 1 is 0.882 bits per heavy atom. The summed E-state index contributed by atoms with van der Waals surface area (Å²) >= 11 is 15.3. The summed E-state index contributed by atoms with van der Waals surface area (Å²) in [5.41, 5.74) is 3.98. The van der Waals surface area contributed by atoms with E-state index >= 15 is 0 Å². The number of methoxy groups -OCH3 is 1. The molecule has 3 N–H and O–H groups in total. The minimum atomic E-state index is -0.611. The number of benzene rings is 4. The molecular formula is C39H33Cl2N3O5S2. The number of hydrogen-bond acceptors (Lipinski definition) is 7. The number of nitrogens with one attached hydrogen (secondary N) is 3. The number of carbonyl (C=O) groups excluding carboxylic acids is 4. The van der Waals surface area contributed by atoms with Gasteiger partial charge in [0.15, 0.2) is 0 Å². The van der Waals surface area contributed by atoms with Gasteiger partial charge in [-0.1, -0.05) is 90.3 Å². The van der Waals surface area contributed by atoms with Crippen molar-refractivity contribution in [2.24, 2.45) is 0 Å². The van der Waals surface area contributed by atoms with Gasteiger partial charge in [0.25, 0.3) is 11.8 Å². The fraction of sp³-hybridized carbons (Fsp3) is 0.128. The summed E-state index contributed by atoms with van der Waals surface area (Å²) in [6, 6.07) is 28.2. The zero-order valence-corrected chi connectivity index (χ0v) is 30.9. The number of halogens is 2. The molecular weight excluding hydrogens is 725 g/mol. The number of carbonyl (C=O) groups is 4. The van der Waals surface area contributed by atoms with Crippen LogP contribution in [0.15, 0.2) is 113 Å². The van der Waals surface area contributed by atoms with Gasteiger partial charge in [0.1, 0.15) is 16.3 Å². The largest absolute Gasteiger partial charge is 0.465 e. The zero-order chi connectivity index (χ0) is 36.5. The third kappa shape index (κ3) is 9.47. The van der Waals surface area contributed by atoms with E-state index < -0.39 is 23.0 Å². The summed E-state index contributed by atoms with van der Waals surface area (Å²) in [7, 11) is 1.31. The Kier molecular flexibility index (Phi) is 12.7. The molecule has 0 aliphatic heterocycles. The summed E-state index contributed by atoms with van der Waals surface area (Å²) < 4.78 is 5.07. The van der Waals surface area contributed by atoms with Gasteiger partial charge in [-0.2, -0.15) is 0 Å².